The molecule has 0 heterocycles. The quantitative estimate of drug-likeness (QED) is 0.624. The fraction of sp³-hybridized carbons (Fsp3) is 0.611. The lowest BCUT2D eigenvalue weighted by Gasteiger charge is -2.34. The number of carbonyl (C=O) groups excluding carboxylic acids is 1. The van der Waals surface area contributed by atoms with Gasteiger partial charge >= 0.3 is 0 Å². The van der Waals surface area contributed by atoms with Gasteiger partial charge in [0.2, 0.25) is 5.91 Å². The number of hydrogen-bond acceptors (Lipinski definition) is 4. The topological polar surface area (TPSA) is 63.7 Å². The molecule has 0 spiro atoms. The zero-order valence-corrected chi connectivity index (χ0v) is 17.4. The molecule has 1 saturated carbocycles. The summed E-state index contributed by atoms with van der Waals surface area (Å²) >= 11 is 11.9. The molecule has 0 N–H and O–H groups in total. The summed E-state index contributed by atoms with van der Waals surface area (Å²) in [6, 6.07) is 5.14. The summed E-state index contributed by atoms with van der Waals surface area (Å²) < 4.78 is 28.8. The minimum Gasteiger partial charge on any atom is -0.492 e. The molecule has 2 rings (SSSR count). The third-order valence-corrected chi connectivity index (χ3v) is 7.09. The molecule has 0 bridgehead atoms. The molecule has 0 unspecified atom stereocenters. The first-order valence-corrected chi connectivity index (χ1v) is 11.4. The van der Waals surface area contributed by atoms with Crippen LogP contribution in [0, 0.1) is 0 Å². The van der Waals surface area contributed by atoms with Crippen LogP contribution in [0.4, 0.5) is 0 Å². The minimum absolute atomic E-state index is 0.0543. The van der Waals surface area contributed by atoms with E-state index in [2.05, 4.69) is 0 Å². The highest BCUT2D eigenvalue weighted by molar-refractivity contribution is 7.91. The van der Waals surface area contributed by atoms with Crippen molar-refractivity contribution in [3.8, 4) is 5.75 Å². The SMILES string of the molecule is CN(C(=O)CCCOc1ccc(Cl)cc1Cl)C1CCC(S(C)(=O)=O)CC1. The fourth-order valence-corrected chi connectivity index (χ4v) is 4.83. The van der Waals surface area contributed by atoms with E-state index in [1.165, 1.54) is 6.26 Å². The normalized spacial score (nSPS) is 20.6. The summed E-state index contributed by atoms with van der Waals surface area (Å²) in [7, 11) is -1.19. The van der Waals surface area contributed by atoms with Gasteiger partial charge in [-0.3, -0.25) is 4.79 Å². The lowest BCUT2D eigenvalue weighted by Crippen LogP contribution is -2.41. The minimum atomic E-state index is -2.98. The Kier molecular flexibility index (Phi) is 7.62. The molecular formula is C18H25Cl2NO4S. The van der Waals surface area contributed by atoms with Crippen LogP contribution < -0.4 is 4.74 Å². The number of halogens is 2. The molecule has 1 fully saturated rings. The fourth-order valence-electron chi connectivity index (χ4n) is 3.24. The van der Waals surface area contributed by atoms with E-state index in [9.17, 15) is 13.2 Å². The highest BCUT2D eigenvalue weighted by Crippen LogP contribution is 2.28. The van der Waals surface area contributed by atoms with Gasteiger partial charge in [0.1, 0.15) is 15.6 Å². The number of benzene rings is 1. The van der Waals surface area contributed by atoms with Gasteiger partial charge in [0.25, 0.3) is 0 Å². The van der Waals surface area contributed by atoms with Crippen molar-refractivity contribution in [2.24, 2.45) is 0 Å². The number of ether oxygens (including phenoxy) is 1. The smallest absolute Gasteiger partial charge is 0.222 e. The Labute approximate surface area is 165 Å². The number of amides is 1. The maximum Gasteiger partial charge on any atom is 0.222 e. The van der Waals surface area contributed by atoms with Crippen molar-refractivity contribution in [1.82, 2.24) is 4.90 Å². The molecule has 0 aromatic heterocycles. The number of hydrogen-bond donors (Lipinski definition) is 0. The van der Waals surface area contributed by atoms with Crippen LogP contribution in [0.15, 0.2) is 18.2 Å². The summed E-state index contributed by atoms with van der Waals surface area (Å²) in [5.41, 5.74) is 0. The molecule has 1 amide bonds. The largest absolute Gasteiger partial charge is 0.492 e. The molecule has 1 aliphatic carbocycles. The van der Waals surface area contributed by atoms with Crippen molar-refractivity contribution in [2.45, 2.75) is 49.8 Å². The Morgan fingerprint density at radius 2 is 1.88 bits per heavy atom. The van der Waals surface area contributed by atoms with Crippen LogP contribution >= 0.6 is 23.2 Å². The van der Waals surface area contributed by atoms with Crippen molar-refractivity contribution >= 4 is 38.9 Å². The summed E-state index contributed by atoms with van der Waals surface area (Å²) in [6.45, 7) is 0.391. The second kappa shape index (κ2) is 9.29. The molecule has 0 saturated heterocycles. The van der Waals surface area contributed by atoms with E-state index in [-0.39, 0.29) is 17.2 Å². The van der Waals surface area contributed by atoms with E-state index < -0.39 is 9.84 Å². The van der Waals surface area contributed by atoms with Crippen molar-refractivity contribution < 1.29 is 17.9 Å². The molecular weight excluding hydrogens is 397 g/mol. The Balaban J connectivity index is 1.72. The van der Waals surface area contributed by atoms with Gasteiger partial charge in [0, 0.05) is 30.8 Å². The van der Waals surface area contributed by atoms with E-state index in [0.29, 0.717) is 48.1 Å². The van der Waals surface area contributed by atoms with Gasteiger partial charge in [-0.1, -0.05) is 23.2 Å². The molecule has 26 heavy (non-hydrogen) atoms. The lowest BCUT2D eigenvalue weighted by atomic mass is 9.94. The van der Waals surface area contributed by atoms with Crippen molar-refractivity contribution in [1.29, 1.82) is 0 Å². The maximum absolute atomic E-state index is 12.4. The van der Waals surface area contributed by atoms with Gasteiger partial charge in [-0.25, -0.2) is 8.42 Å². The molecule has 1 aromatic carbocycles. The Hall–Kier alpha value is -0.980. The van der Waals surface area contributed by atoms with Gasteiger partial charge in [0.15, 0.2) is 0 Å². The van der Waals surface area contributed by atoms with E-state index in [1.54, 1.807) is 30.1 Å². The van der Waals surface area contributed by atoms with Crippen LogP contribution in [0.1, 0.15) is 38.5 Å². The van der Waals surface area contributed by atoms with Gasteiger partial charge < -0.3 is 9.64 Å². The Bertz CT molecular complexity index is 731. The molecule has 8 heteroatoms. The van der Waals surface area contributed by atoms with Crippen molar-refractivity contribution in [3.63, 3.8) is 0 Å². The van der Waals surface area contributed by atoms with Crippen LogP contribution in [0.5, 0.6) is 5.75 Å². The molecule has 146 valence electrons. The van der Waals surface area contributed by atoms with Gasteiger partial charge in [-0.15, -0.1) is 0 Å². The standard InChI is InChI=1S/C18H25Cl2NO4S/c1-21(14-6-8-15(9-7-14)26(2,23)24)18(22)4-3-11-25-17-10-5-13(19)12-16(17)20/h5,10,12,14-15H,3-4,6-9,11H2,1-2H3. The van der Waals surface area contributed by atoms with E-state index in [1.807, 2.05) is 0 Å². The average Bonchev–Trinajstić information content (AvgIpc) is 2.58. The Morgan fingerprint density at radius 1 is 1.23 bits per heavy atom. The average molecular weight is 422 g/mol. The Morgan fingerprint density at radius 3 is 2.46 bits per heavy atom. The monoisotopic (exact) mass is 421 g/mol. The summed E-state index contributed by atoms with van der Waals surface area (Å²) in [5.74, 6) is 0.606. The highest BCUT2D eigenvalue weighted by Gasteiger charge is 2.30. The van der Waals surface area contributed by atoms with Gasteiger partial charge in [-0.05, 0) is 50.3 Å². The first kappa shape index (κ1) is 21.3. The number of carbonyl (C=O) groups is 1. The number of nitrogens with zero attached hydrogens (tertiary/aromatic N) is 1. The van der Waals surface area contributed by atoms with Crippen molar-refractivity contribution in [2.75, 3.05) is 19.9 Å². The molecule has 1 aliphatic rings. The first-order chi connectivity index (χ1) is 12.2. The second-order valence-corrected chi connectivity index (χ2v) is 9.96. The summed E-state index contributed by atoms with van der Waals surface area (Å²) in [6.07, 6.45) is 4.97. The van der Waals surface area contributed by atoms with E-state index in [4.69, 9.17) is 27.9 Å². The summed E-state index contributed by atoms with van der Waals surface area (Å²) in [5, 5.41) is 0.730. The van der Waals surface area contributed by atoms with Gasteiger partial charge in [-0.2, -0.15) is 0 Å². The third kappa shape index (κ3) is 6.03. The van der Waals surface area contributed by atoms with Crippen LogP contribution in [0.25, 0.3) is 0 Å². The lowest BCUT2D eigenvalue weighted by molar-refractivity contribution is -0.132. The zero-order chi connectivity index (χ0) is 19.3. The number of rotatable bonds is 7. The van der Waals surface area contributed by atoms with Crippen LogP contribution in [0.3, 0.4) is 0 Å². The molecule has 5 nitrogen and oxygen atoms in total. The predicted octanol–water partition coefficient (Wildman–Crippen LogP) is 3.97. The molecule has 0 atom stereocenters. The summed E-state index contributed by atoms with van der Waals surface area (Å²) in [4.78, 5) is 14.1. The second-order valence-electron chi connectivity index (χ2n) is 6.79. The predicted molar refractivity (Wildman–Crippen MR) is 105 cm³/mol. The zero-order valence-electron chi connectivity index (χ0n) is 15.1. The molecule has 0 radical (unpaired) electrons. The third-order valence-electron chi connectivity index (χ3n) is 4.88. The molecule has 0 aliphatic heterocycles. The number of sulfone groups is 1. The van der Waals surface area contributed by atoms with E-state index in [0.717, 1.165) is 12.8 Å². The van der Waals surface area contributed by atoms with Crippen LogP contribution in [0.2, 0.25) is 10.0 Å². The molecule has 1 aromatic rings. The van der Waals surface area contributed by atoms with Gasteiger partial charge in [0.05, 0.1) is 16.9 Å². The van der Waals surface area contributed by atoms with E-state index >= 15 is 0 Å². The maximum atomic E-state index is 12.4. The van der Waals surface area contributed by atoms with Crippen molar-refractivity contribution in [3.05, 3.63) is 28.2 Å². The van der Waals surface area contributed by atoms with Crippen LogP contribution in [-0.4, -0.2) is 50.4 Å². The van der Waals surface area contributed by atoms with Crippen LogP contribution in [-0.2, 0) is 14.6 Å². The highest BCUT2D eigenvalue weighted by atomic mass is 35.5. The first-order valence-electron chi connectivity index (χ1n) is 8.71.